The minimum Gasteiger partial charge on any atom is -0.370 e. The minimum absolute atomic E-state index is 0. The second kappa shape index (κ2) is 8.97. The van der Waals surface area contributed by atoms with Gasteiger partial charge in [-0.3, -0.25) is 4.99 Å². The number of aliphatic imine (C=N–C) groups is 1. The first-order valence-corrected chi connectivity index (χ1v) is 7.26. The van der Waals surface area contributed by atoms with Crippen molar-refractivity contribution in [2.75, 3.05) is 11.9 Å². The standard InChI is InChI=1S/C15H19N3S.HI/c1-12(10-14-8-5-9-19-14)11-17-15(16)18-13-6-3-2-4-7-13;/h2-9,12H,10-11H2,1H3,(H3,16,17,18);1H. The van der Waals surface area contributed by atoms with Crippen LogP contribution in [0.25, 0.3) is 0 Å². The molecule has 0 amide bonds. The molecule has 0 bridgehead atoms. The summed E-state index contributed by atoms with van der Waals surface area (Å²) in [6.07, 6.45) is 1.06. The fourth-order valence-corrected chi connectivity index (χ4v) is 2.67. The molecule has 0 aliphatic carbocycles. The van der Waals surface area contributed by atoms with Gasteiger partial charge in [0.15, 0.2) is 5.96 Å². The lowest BCUT2D eigenvalue weighted by Crippen LogP contribution is -2.23. The van der Waals surface area contributed by atoms with Gasteiger partial charge >= 0.3 is 0 Å². The maximum Gasteiger partial charge on any atom is 0.193 e. The SMILES string of the molecule is CC(CN=C(N)Nc1ccccc1)Cc1cccs1.I. The molecule has 5 heteroatoms. The lowest BCUT2D eigenvalue weighted by Gasteiger charge is -2.09. The minimum atomic E-state index is 0. The first-order valence-electron chi connectivity index (χ1n) is 6.38. The highest BCUT2D eigenvalue weighted by Gasteiger charge is 2.04. The summed E-state index contributed by atoms with van der Waals surface area (Å²) in [6.45, 7) is 2.93. The Hall–Kier alpha value is -1.08. The number of halogens is 1. The summed E-state index contributed by atoms with van der Waals surface area (Å²) in [6, 6.07) is 14.1. The Bertz CT molecular complexity index is 511. The van der Waals surface area contributed by atoms with Gasteiger partial charge in [-0.25, -0.2) is 0 Å². The highest BCUT2D eigenvalue weighted by molar-refractivity contribution is 14.0. The van der Waals surface area contributed by atoms with Gasteiger partial charge in [0.2, 0.25) is 0 Å². The van der Waals surface area contributed by atoms with E-state index in [1.54, 1.807) is 11.3 Å². The molecular formula is C15H20IN3S. The largest absolute Gasteiger partial charge is 0.370 e. The molecule has 1 unspecified atom stereocenters. The topological polar surface area (TPSA) is 50.4 Å². The van der Waals surface area contributed by atoms with Crippen molar-refractivity contribution in [3.8, 4) is 0 Å². The molecule has 0 saturated heterocycles. The highest BCUT2D eigenvalue weighted by atomic mass is 127. The van der Waals surface area contributed by atoms with Crippen molar-refractivity contribution in [3.05, 3.63) is 52.7 Å². The lowest BCUT2D eigenvalue weighted by atomic mass is 10.1. The molecule has 0 aliphatic rings. The molecule has 0 fully saturated rings. The van der Waals surface area contributed by atoms with Crippen LogP contribution < -0.4 is 11.1 Å². The molecule has 0 saturated carbocycles. The molecule has 20 heavy (non-hydrogen) atoms. The van der Waals surface area contributed by atoms with Crippen LogP contribution in [0.1, 0.15) is 11.8 Å². The van der Waals surface area contributed by atoms with Crippen molar-refractivity contribution in [1.29, 1.82) is 0 Å². The maximum absolute atomic E-state index is 5.87. The van der Waals surface area contributed by atoms with E-state index in [4.69, 9.17) is 5.73 Å². The predicted octanol–water partition coefficient (Wildman–Crippen LogP) is 3.97. The van der Waals surface area contributed by atoms with Crippen LogP contribution >= 0.6 is 35.3 Å². The molecule has 3 N–H and O–H groups in total. The number of nitrogens with one attached hydrogen (secondary N) is 1. The van der Waals surface area contributed by atoms with Gasteiger partial charge in [-0.15, -0.1) is 35.3 Å². The summed E-state index contributed by atoms with van der Waals surface area (Å²) < 4.78 is 0. The van der Waals surface area contributed by atoms with E-state index >= 15 is 0 Å². The number of rotatable bonds is 5. The fourth-order valence-electron chi connectivity index (χ4n) is 1.80. The molecule has 1 heterocycles. The van der Waals surface area contributed by atoms with Gasteiger partial charge in [0.1, 0.15) is 0 Å². The zero-order valence-electron chi connectivity index (χ0n) is 11.5. The summed E-state index contributed by atoms with van der Waals surface area (Å²) in [5.41, 5.74) is 6.84. The Morgan fingerprint density at radius 2 is 2.00 bits per heavy atom. The van der Waals surface area contributed by atoms with E-state index in [-0.39, 0.29) is 24.0 Å². The van der Waals surface area contributed by atoms with Gasteiger partial charge in [-0.2, -0.15) is 0 Å². The monoisotopic (exact) mass is 401 g/mol. The van der Waals surface area contributed by atoms with Crippen LogP contribution in [0, 0.1) is 5.92 Å². The van der Waals surface area contributed by atoms with Crippen LogP contribution in [-0.2, 0) is 6.42 Å². The number of thiophene rings is 1. The van der Waals surface area contributed by atoms with Gasteiger partial charge in [0, 0.05) is 17.1 Å². The molecular weight excluding hydrogens is 381 g/mol. The van der Waals surface area contributed by atoms with Gasteiger partial charge in [-0.1, -0.05) is 31.2 Å². The molecule has 2 rings (SSSR count). The van der Waals surface area contributed by atoms with Crippen molar-refractivity contribution < 1.29 is 0 Å². The summed E-state index contributed by atoms with van der Waals surface area (Å²) in [5, 5.41) is 5.19. The summed E-state index contributed by atoms with van der Waals surface area (Å²) in [5.74, 6) is 0.971. The van der Waals surface area contributed by atoms with Crippen molar-refractivity contribution in [2.45, 2.75) is 13.3 Å². The summed E-state index contributed by atoms with van der Waals surface area (Å²) in [7, 11) is 0. The molecule has 1 atom stereocenters. The Kier molecular flexibility index (Phi) is 7.61. The second-order valence-corrected chi connectivity index (χ2v) is 5.64. The van der Waals surface area contributed by atoms with Gasteiger partial charge < -0.3 is 11.1 Å². The van der Waals surface area contributed by atoms with Gasteiger partial charge in [0.25, 0.3) is 0 Å². The number of anilines is 1. The van der Waals surface area contributed by atoms with Crippen molar-refractivity contribution >= 4 is 47.0 Å². The number of nitrogens with zero attached hydrogens (tertiary/aromatic N) is 1. The van der Waals surface area contributed by atoms with E-state index in [0.717, 1.165) is 18.7 Å². The van der Waals surface area contributed by atoms with Crippen LogP contribution in [0.3, 0.4) is 0 Å². The molecule has 1 aromatic heterocycles. The molecule has 1 aromatic carbocycles. The van der Waals surface area contributed by atoms with Crippen LogP contribution in [0.4, 0.5) is 5.69 Å². The molecule has 3 nitrogen and oxygen atoms in total. The number of hydrogen-bond acceptors (Lipinski definition) is 2. The van der Waals surface area contributed by atoms with E-state index < -0.39 is 0 Å². The number of hydrogen-bond donors (Lipinski definition) is 2. The highest BCUT2D eigenvalue weighted by Crippen LogP contribution is 2.14. The number of benzene rings is 1. The predicted molar refractivity (Wildman–Crippen MR) is 99.2 cm³/mol. The summed E-state index contributed by atoms with van der Waals surface area (Å²) in [4.78, 5) is 5.79. The van der Waals surface area contributed by atoms with Crippen molar-refractivity contribution in [2.24, 2.45) is 16.6 Å². The van der Waals surface area contributed by atoms with Crippen LogP contribution in [0.2, 0.25) is 0 Å². The Morgan fingerprint density at radius 3 is 2.65 bits per heavy atom. The van der Waals surface area contributed by atoms with Gasteiger partial charge in [0.05, 0.1) is 0 Å². The van der Waals surface area contributed by atoms with Crippen LogP contribution in [0.15, 0.2) is 52.8 Å². The van der Waals surface area contributed by atoms with Crippen LogP contribution in [-0.4, -0.2) is 12.5 Å². The molecule has 108 valence electrons. The van der Waals surface area contributed by atoms with E-state index in [2.05, 4.69) is 34.7 Å². The van der Waals surface area contributed by atoms with Gasteiger partial charge in [-0.05, 0) is 35.9 Å². The van der Waals surface area contributed by atoms with E-state index in [1.807, 2.05) is 30.3 Å². The van der Waals surface area contributed by atoms with E-state index in [0.29, 0.717) is 11.9 Å². The number of para-hydroxylation sites is 1. The average Bonchev–Trinajstić information content (AvgIpc) is 2.90. The van der Waals surface area contributed by atoms with E-state index in [1.165, 1.54) is 4.88 Å². The smallest absolute Gasteiger partial charge is 0.193 e. The average molecular weight is 401 g/mol. The Labute approximate surface area is 141 Å². The maximum atomic E-state index is 5.87. The summed E-state index contributed by atoms with van der Waals surface area (Å²) >= 11 is 1.79. The normalized spacial score (nSPS) is 12.6. The fraction of sp³-hybridized carbons (Fsp3) is 0.267. The third-order valence-corrected chi connectivity index (χ3v) is 3.65. The lowest BCUT2D eigenvalue weighted by molar-refractivity contribution is 0.599. The number of nitrogens with two attached hydrogens (primary N) is 1. The first-order chi connectivity index (χ1) is 9.24. The molecule has 0 aliphatic heterocycles. The second-order valence-electron chi connectivity index (χ2n) is 4.61. The van der Waals surface area contributed by atoms with E-state index in [9.17, 15) is 0 Å². The molecule has 0 radical (unpaired) electrons. The zero-order chi connectivity index (χ0) is 13.5. The Morgan fingerprint density at radius 1 is 1.25 bits per heavy atom. The molecule has 0 spiro atoms. The van der Waals surface area contributed by atoms with Crippen molar-refractivity contribution in [1.82, 2.24) is 0 Å². The van der Waals surface area contributed by atoms with Crippen LogP contribution in [0.5, 0.6) is 0 Å². The third kappa shape index (κ3) is 5.92. The Balaban J connectivity index is 0.00000200. The number of guanidine groups is 1. The zero-order valence-corrected chi connectivity index (χ0v) is 14.6. The van der Waals surface area contributed by atoms with Crippen molar-refractivity contribution in [3.63, 3.8) is 0 Å². The molecule has 2 aromatic rings. The first kappa shape index (κ1) is 17.0. The quantitative estimate of drug-likeness (QED) is 0.453. The third-order valence-electron chi connectivity index (χ3n) is 2.75.